The second-order valence-electron chi connectivity index (χ2n) is 7.75. The molecule has 1 aliphatic heterocycles. The Morgan fingerprint density at radius 2 is 1.69 bits per heavy atom. The topological polar surface area (TPSA) is 66.5 Å². The van der Waals surface area contributed by atoms with Gasteiger partial charge in [0.15, 0.2) is 9.84 Å². The normalized spacial score (nSPS) is 17.1. The number of nitrogens with zero attached hydrogens (tertiary/aromatic N) is 1. The Morgan fingerprint density at radius 1 is 1.10 bits per heavy atom. The molecule has 2 aromatic carbocycles. The molecule has 0 spiro atoms. The number of carbonyl (C=O) groups excluding carboxylic acids is 1. The van der Waals surface area contributed by atoms with Crippen molar-refractivity contribution < 1.29 is 13.2 Å². The number of nitrogens with one attached hydrogen (secondary N) is 1. The molecule has 29 heavy (non-hydrogen) atoms. The van der Waals surface area contributed by atoms with E-state index in [0.29, 0.717) is 0 Å². The van der Waals surface area contributed by atoms with Crippen LogP contribution >= 0.6 is 15.9 Å². The van der Waals surface area contributed by atoms with E-state index in [2.05, 4.69) is 50.4 Å². The first kappa shape index (κ1) is 22.0. The highest BCUT2D eigenvalue weighted by molar-refractivity contribution is 9.10. The largest absolute Gasteiger partial charge is 0.349 e. The summed E-state index contributed by atoms with van der Waals surface area (Å²) in [7, 11) is -3.21. The fourth-order valence-corrected chi connectivity index (χ4v) is 4.51. The Bertz CT molecular complexity index is 935. The Hall–Kier alpha value is -1.70. The summed E-state index contributed by atoms with van der Waals surface area (Å²) in [6.45, 7) is 4.65. The molecule has 0 aromatic heterocycles. The summed E-state index contributed by atoms with van der Waals surface area (Å²) in [5, 5.41) is 3.08. The van der Waals surface area contributed by atoms with E-state index >= 15 is 0 Å². The molecule has 1 heterocycles. The van der Waals surface area contributed by atoms with E-state index in [0.717, 1.165) is 42.5 Å². The number of halogens is 1. The number of sulfone groups is 1. The molecule has 0 bridgehead atoms. The second-order valence-corrected chi connectivity index (χ2v) is 10.7. The van der Waals surface area contributed by atoms with E-state index in [1.165, 1.54) is 11.8 Å². The van der Waals surface area contributed by atoms with Gasteiger partial charge in [0.25, 0.3) is 0 Å². The monoisotopic (exact) mass is 478 g/mol. The average molecular weight is 479 g/mol. The Labute approximate surface area is 181 Å². The summed E-state index contributed by atoms with van der Waals surface area (Å²) in [6, 6.07) is 14.9. The second kappa shape index (κ2) is 9.41. The van der Waals surface area contributed by atoms with Crippen molar-refractivity contribution in [3.8, 4) is 0 Å². The van der Waals surface area contributed by atoms with Crippen molar-refractivity contribution in [3.63, 3.8) is 0 Å². The Morgan fingerprint density at radius 3 is 2.24 bits per heavy atom. The van der Waals surface area contributed by atoms with Crippen LogP contribution in [-0.2, 0) is 21.2 Å². The van der Waals surface area contributed by atoms with Gasteiger partial charge in [-0.2, -0.15) is 0 Å². The van der Waals surface area contributed by atoms with Crippen molar-refractivity contribution >= 4 is 31.7 Å². The summed E-state index contributed by atoms with van der Waals surface area (Å²) in [6.07, 6.45) is 2.89. The highest BCUT2D eigenvalue weighted by Crippen LogP contribution is 2.22. The van der Waals surface area contributed by atoms with Gasteiger partial charge >= 0.3 is 0 Å². The van der Waals surface area contributed by atoms with Gasteiger partial charge in [-0.05, 0) is 68.2 Å². The van der Waals surface area contributed by atoms with Gasteiger partial charge < -0.3 is 5.32 Å². The van der Waals surface area contributed by atoms with Crippen LogP contribution in [0.15, 0.2) is 57.9 Å². The molecule has 1 amide bonds. The molecule has 7 heteroatoms. The SMILES string of the molecule is CC(NC(=O)C1CCN(Cc2ccc(Br)cc2)CC1)c1ccc(S(C)(=O)=O)cc1. The molecule has 1 N–H and O–H groups in total. The predicted molar refractivity (Wildman–Crippen MR) is 118 cm³/mol. The number of likely N-dealkylation sites (tertiary alicyclic amines) is 1. The molecule has 1 fully saturated rings. The lowest BCUT2D eigenvalue weighted by molar-refractivity contribution is -0.127. The molecule has 2 aromatic rings. The van der Waals surface area contributed by atoms with E-state index in [9.17, 15) is 13.2 Å². The molecule has 1 atom stereocenters. The van der Waals surface area contributed by atoms with Crippen molar-refractivity contribution in [1.29, 1.82) is 0 Å². The summed E-state index contributed by atoms with van der Waals surface area (Å²) in [5.41, 5.74) is 2.18. The number of rotatable bonds is 6. The standard InChI is InChI=1S/C22H27BrN2O3S/c1-16(18-5-9-21(10-6-18)29(2,27)28)24-22(26)19-11-13-25(14-12-19)15-17-3-7-20(23)8-4-17/h3-10,16,19H,11-15H2,1-2H3,(H,24,26). The first-order valence-electron chi connectivity index (χ1n) is 9.79. The van der Waals surface area contributed by atoms with Gasteiger partial charge in [-0.1, -0.05) is 40.2 Å². The lowest BCUT2D eigenvalue weighted by Gasteiger charge is -2.32. The van der Waals surface area contributed by atoms with Gasteiger partial charge in [0.05, 0.1) is 10.9 Å². The fourth-order valence-electron chi connectivity index (χ4n) is 3.62. The molecule has 0 saturated carbocycles. The van der Waals surface area contributed by atoms with Crippen LogP contribution in [-0.4, -0.2) is 38.6 Å². The van der Waals surface area contributed by atoms with E-state index < -0.39 is 9.84 Å². The van der Waals surface area contributed by atoms with Crippen molar-refractivity contribution in [2.24, 2.45) is 5.92 Å². The Kier molecular flexibility index (Phi) is 7.14. The highest BCUT2D eigenvalue weighted by atomic mass is 79.9. The average Bonchev–Trinajstić information content (AvgIpc) is 2.69. The maximum atomic E-state index is 12.7. The summed E-state index contributed by atoms with van der Waals surface area (Å²) in [4.78, 5) is 15.4. The molecule has 5 nitrogen and oxygen atoms in total. The number of hydrogen-bond acceptors (Lipinski definition) is 4. The van der Waals surface area contributed by atoms with Crippen LogP contribution < -0.4 is 5.32 Å². The molecule has 1 saturated heterocycles. The van der Waals surface area contributed by atoms with Crippen LogP contribution in [0.1, 0.15) is 36.9 Å². The molecule has 0 radical (unpaired) electrons. The number of hydrogen-bond donors (Lipinski definition) is 1. The zero-order chi connectivity index (χ0) is 21.0. The van der Waals surface area contributed by atoms with Crippen LogP contribution in [0.4, 0.5) is 0 Å². The molecular formula is C22H27BrN2O3S. The van der Waals surface area contributed by atoms with Crippen LogP contribution in [0, 0.1) is 5.92 Å². The summed E-state index contributed by atoms with van der Waals surface area (Å²) >= 11 is 3.46. The highest BCUT2D eigenvalue weighted by Gasteiger charge is 2.26. The van der Waals surface area contributed by atoms with E-state index in [4.69, 9.17) is 0 Å². The third kappa shape index (κ3) is 6.14. The first-order valence-corrected chi connectivity index (χ1v) is 12.5. The van der Waals surface area contributed by atoms with Crippen LogP contribution in [0.3, 0.4) is 0 Å². The smallest absolute Gasteiger partial charge is 0.223 e. The minimum absolute atomic E-state index is 0.0221. The van der Waals surface area contributed by atoms with E-state index in [1.807, 2.05) is 6.92 Å². The quantitative estimate of drug-likeness (QED) is 0.682. The van der Waals surface area contributed by atoms with Crippen molar-refractivity contribution in [1.82, 2.24) is 10.2 Å². The van der Waals surface area contributed by atoms with Crippen LogP contribution in [0.2, 0.25) is 0 Å². The molecular weight excluding hydrogens is 452 g/mol. The minimum atomic E-state index is -3.21. The van der Waals surface area contributed by atoms with Crippen molar-refractivity contribution in [2.45, 2.75) is 37.2 Å². The van der Waals surface area contributed by atoms with E-state index in [1.54, 1.807) is 24.3 Å². The van der Waals surface area contributed by atoms with Gasteiger partial charge in [-0.25, -0.2) is 8.42 Å². The van der Waals surface area contributed by atoms with Gasteiger partial charge in [-0.3, -0.25) is 9.69 Å². The number of carbonyl (C=O) groups is 1. The van der Waals surface area contributed by atoms with Gasteiger partial charge in [0.2, 0.25) is 5.91 Å². The zero-order valence-electron chi connectivity index (χ0n) is 16.8. The van der Waals surface area contributed by atoms with Gasteiger partial charge in [0.1, 0.15) is 0 Å². The van der Waals surface area contributed by atoms with Gasteiger partial charge in [-0.15, -0.1) is 0 Å². The molecule has 0 aliphatic carbocycles. The lowest BCUT2D eigenvalue weighted by Crippen LogP contribution is -2.40. The van der Waals surface area contributed by atoms with Gasteiger partial charge in [0, 0.05) is 23.2 Å². The Balaban J connectivity index is 1.49. The van der Waals surface area contributed by atoms with E-state index in [-0.39, 0.29) is 22.8 Å². The predicted octanol–water partition coefficient (Wildman–Crippen LogP) is 3.94. The van der Waals surface area contributed by atoms with Crippen molar-refractivity contribution in [2.75, 3.05) is 19.3 Å². The van der Waals surface area contributed by atoms with Crippen LogP contribution in [0.5, 0.6) is 0 Å². The number of benzene rings is 2. The summed E-state index contributed by atoms with van der Waals surface area (Å²) < 4.78 is 24.2. The lowest BCUT2D eigenvalue weighted by atomic mass is 9.95. The minimum Gasteiger partial charge on any atom is -0.349 e. The van der Waals surface area contributed by atoms with Crippen molar-refractivity contribution in [3.05, 3.63) is 64.1 Å². The number of amides is 1. The fraction of sp³-hybridized carbons (Fsp3) is 0.409. The zero-order valence-corrected chi connectivity index (χ0v) is 19.2. The maximum absolute atomic E-state index is 12.7. The summed E-state index contributed by atoms with van der Waals surface area (Å²) in [5.74, 6) is 0.0990. The van der Waals surface area contributed by atoms with Crippen LogP contribution in [0.25, 0.3) is 0 Å². The third-order valence-electron chi connectivity index (χ3n) is 5.44. The number of piperidine rings is 1. The third-order valence-corrected chi connectivity index (χ3v) is 7.10. The molecule has 1 unspecified atom stereocenters. The molecule has 1 aliphatic rings. The molecule has 156 valence electrons. The maximum Gasteiger partial charge on any atom is 0.223 e. The first-order chi connectivity index (χ1) is 13.7. The molecule has 3 rings (SSSR count).